The SMILES string of the molecule is Nc1cc(F)c(F)c(Oc2cc(F)c(C(F)(F)F)c(Oc3cc(N)cc(F)c3F)c2C(F)(F)F)c1. The van der Waals surface area contributed by atoms with E-state index in [2.05, 4.69) is 9.47 Å². The number of hydrogen-bond donors (Lipinski definition) is 2. The average molecular weight is 518 g/mol. The summed E-state index contributed by atoms with van der Waals surface area (Å²) in [5, 5.41) is 0. The van der Waals surface area contributed by atoms with E-state index in [9.17, 15) is 48.3 Å². The maximum atomic E-state index is 14.5. The van der Waals surface area contributed by atoms with Crippen LogP contribution in [0.15, 0.2) is 30.3 Å². The smallest absolute Gasteiger partial charge is 0.423 e. The first kappa shape index (κ1) is 25.7. The van der Waals surface area contributed by atoms with Gasteiger partial charge in [-0.1, -0.05) is 0 Å². The van der Waals surface area contributed by atoms with E-state index in [1.54, 1.807) is 0 Å². The lowest BCUT2D eigenvalue weighted by Crippen LogP contribution is -2.17. The second-order valence-electron chi connectivity index (χ2n) is 6.76. The summed E-state index contributed by atoms with van der Waals surface area (Å²) in [4.78, 5) is 0. The van der Waals surface area contributed by atoms with Crippen molar-refractivity contribution in [1.29, 1.82) is 0 Å². The molecule has 3 rings (SSSR count). The molecule has 3 aromatic rings. The van der Waals surface area contributed by atoms with Gasteiger partial charge in [-0.3, -0.25) is 0 Å². The van der Waals surface area contributed by atoms with Gasteiger partial charge in [0.05, 0.1) is 0 Å². The van der Waals surface area contributed by atoms with Crippen LogP contribution < -0.4 is 20.9 Å². The molecule has 0 saturated heterocycles. The number of nitrogen functional groups attached to an aromatic ring is 2. The van der Waals surface area contributed by atoms with Crippen molar-refractivity contribution < 1.29 is 57.8 Å². The highest BCUT2D eigenvalue weighted by atomic mass is 19.4. The van der Waals surface area contributed by atoms with Crippen LogP contribution in [0.4, 0.5) is 59.7 Å². The molecule has 0 aromatic heterocycles. The van der Waals surface area contributed by atoms with Crippen molar-refractivity contribution in [2.75, 3.05) is 11.5 Å². The zero-order chi connectivity index (χ0) is 26.5. The molecule has 0 spiro atoms. The summed E-state index contributed by atoms with van der Waals surface area (Å²) in [6, 6.07) is 1.12. The van der Waals surface area contributed by atoms with E-state index in [0.717, 1.165) is 0 Å². The molecule has 4 nitrogen and oxygen atoms in total. The first-order valence-corrected chi connectivity index (χ1v) is 8.86. The number of alkyl halides is 6. The summed E-state index contributed by atoms with van der Waals surface area (Å²) in [6.45, 7) is 0. The van der Waals surface area contributed by atoms with E-state index in [4.69, 9.17) is 11.5 Å². The van der Waals surface area contributed by atoms with Gasteiger partial charge in [0.2, 0.25) is 11.6 Å². The van der Waals surface area contributed by atoms with Gasteiger partial charge in [0.1, 0.15) is 22.7 Å². The van der Waals surface area contributed by atoms with Gasteiger partial charge in [-0.15, -0.1) is 0 Å². The number of nitrogens with two attached hydrogens (primary N) is 2. The zero-order valence-corrected chi connectivity index (χ0v) is 16.5. The van der Waals surface area contributed by atoms with Crippen molar-refractivity contribution in [2.24, 2.45) is 0 Å². The maximum absolute atomic E-state index is 14.5. The van der Waals surface area contributed by atoms with Crippen LogP contribution in [0, 0.1) is 29.1 Å². The van der Waals surface area contributed by atoms with E-state index < -0.39 is 93.0 Å². The summed E-state index contributed by atoms with van der Waals surface area (Å²) >= 11 is 0. The van der Waals surface area contributed by atoms with Gasteiger partial charge in [-0.25, -0.2) is 13.2 Å². The Bertz CT molecular complexity index is 1300. The Balaban J connectivity index is 2.37. The summed E-state index contributed by atoms with van der Waals surface area (Å²) in [6.07, 6.45) is -11.7. The Morgan fingerprint density at radius 1 is 0.514 bits per heavy atom. The van der Waals surface area contributed by atoms with Crippen LogP contribution in [-0.2, 0) is 12.4 Å². The summed E-state index contributed by atoms with van der Waals surface area (Å²) < 4.78 is 161. The lowest BCUT2D eigenvalue weighted by molar-refractivity contribution is -0.147. The predicted molar refractivity (Wildman–Crippen MR) is 98.1 cm³/mol. The Morgan fingerprint density at radius 2 is 0.943 bits per heavy atom. The molecule has 0 amide bonds. The minimum absolute atomic E-state index is 0.330. The first-order valence-electron chi connectivity index (χ1n) is 8.86. The molecule has 188 valence electrons. The quantitative estimate of drug-likeness (QED) is 0.284. The second kappa shape index (κ2) is 8.70. The molecule has 15 heteroatoms. The van der Waals surface area contributed by atoms with Crippen molar-refractivity contribution in [3.05, 3.63) is 70.5 Å². The average Bonchev–Trinajstić information content (AvgIpc) is 2.67. The highest BCUT2D eigenvalue weighted by molar-refractivity contribution is 5.58. The molecule has 0 atom stereocenters. The van der Waals surface area contributed by atoms with Crippen LogP contribution in [0.3, 0.4) is 0 Å². The molecule has 0 heterocycles. The van der Waals surface area contributed by atoms with Crippen LogP contribution in [-0.4, -0.2) is 0 Å². The summed E-state index contributed by atoms with van der Waals surface area (Å²) in [5.41, 5.74) is 4.02. The van der Waals surface area contributed by atoms with E-state index in [1.165, 1.54) is 0 Å². The zero-order valence-electron chi connectivity index (χ0n) is 16.5. The van der Waals surface area contributed by atoms with Crippen molar-refractivity contribution >= 4 is 11.4 Å². The van der Waals surface area contributed by atoms with Crippen LogP contribution in [0.1, 0.15) is 11.1 Å². The fourth-order valence-corrected chi connectivity index (χ4v) is 2.86. The first-order chi connectivity index (χ1) is 16.0. The van der Waals surface area contributed by atoms with Gasteiger partial charge in [0, 0.05) is 41.7 Å². The Morgan fingerprint density at radius 3 is 1.37 bits per heavy atom. The molecular formula is C20H9F11N2O2. The fourth-order valence-electron chi connectivity index (χ4n) is 2.86. The minimum Gasteiger partial charge on any atom is -0.453 e. The highest BCUT2D eigenvalue weighted by Gasteiger charge is 2.48. The molecular weight excluding hydrogens is 509 g/mol. The molecule has 0 radical (unpaired) electrons. The van der Waals surface area contributed by atoms with Crippen LogP contribution in [0.2, 0.25) is 0 Å². The van der Waals surface area contributed by atoms with Gasteiger partial charge in [0.25, 0.3) is 0 Å². The van der Waals surface area contributed by atoms with Crippen LogP contribution >= 0.6 is 0 Å². The number of ether oxygens (including phenoxy) is 2. The minimum atomic E-state index is -5.87. The van der Waals surface area contributed by atoms with Gasteiger partial charge in [-0.2, -0.15) is 35.1 Å². The van der Waals surface area contributed by atoms with Crippen molar-refractivity contribution in [3.8, 4) is 23.0 Å². The lowest BCUT2D eigenvalue weighted by atomic mass is 10.0. The molecule has 4 N–H and O–H groups in total. The third kappa shape index (κ3) is 5.12. The van der Waals surface area contributed by atoms with E-state index in [-0.39, 0.29) is 0 Å². The molecule has 0 saturated carbocycles. The maximum Gasteiger partial charge on any atom is 0.423 e. The predicted octanol–water partition coefficient (Wildman–Crippen LogP) is 7.17. The van der Waals surface area contributed by atoms with Gasteiger partial charge >= 0.3 is 12.4 Å². The molecule has 0 aliphatic heterocycles. The summed E-state index contributed by atoms with van der Waals surface area (Å²) in [7, 11) is 0. The van der Waals surface area contributed by atoms with Crippen molar-refractivity contribution in [1.82, 2.24) is 0 Å². The standard InChI is InChI=1S/C20H9F11N2O2/c21-8-5-11(34-12-3-6(32)1-9(22)16(12)24)15(20(29,30)31)18(14(8)19(26,27)28)35-13-4-7(33)2-10(23)17(13)25/h1-5H,32-33H2. The number of anilines is 2. The number of hydrogen-bond acceptors (Lipinski definition) is 4. The highest BCUT2D eigenvalue weighted by Crippen LogP contribution is 2.52. The van der Waals surface area contributed by atoms with Crippen LogP contribution in [0.25, 0.3) is 0 Å². The normalized spacial score (nSPS) is 12.1. The third-order valence-electron chi connectivity index (χ3n) is 4.23. The molecule has 0 aliphatic rings. The van der Waals surface area contributed by atoms with E-state index in [0.29, 0.717) is 24.3 Å². The number of halogens is 11. The van der Waals surface area contributed by atoms with Crippen molar-refractivity contribution in [2.45, 2.75) is 12.4 Å². The second-order valence-corrected chi connectivity index (χ2v) is 6.76. The van der Waals surface area contributed by atoms with Gasteiger partial charge in [0.15, 0.2) is 28.9 Å². The Kier molecular flexibility index (Phi) is 6.39. The lowest BCUT2D eigenvalue weighted by Gasteiger charge is -2.23. The topological polar surface area (TPSA) is 70.5 Å². The molecule has 3 aromatic carbocycles. The third-order valence-corrected chi connectivity index (χ3v) is 4.23. The molecule has 0 bridgehead atoms. The van der Waals surface area contributed by atoms with Crippen molar-refractivity contribution in [3.63, 3.8) is 0 Å². The number of rotatable bonds is 4. The fraction of sp³-hybridized carbons (Fsp3) is 0.100. The molecule has 0 fully saturated rings. The van der Waals surface area contributed by atoms with Gasteiger partial charge in [-0.05, 0) is 0 Å². The van der Waals surface area contributed by atoms with E-state index >= 15 is 0 Å². The summed E-state index contributed by atoms with van der Waals surface area (Å²) in [5.74, 6) is -17.1. The molecule has 35 heavy (non-hydrogen) atoms. The largest absolute Gasteiger partial charge is 0.453 e. The Labute approximate surface area is 187 Å². The monoisotopic (exact) mass is 518 g/mol. The number of benzene rings is 3. The van der Waals surface area contributed by atoms with Crippen LogP contribution in [0.5, 0.6) is 23.0 Å². The Hall–Kier alpha value is -3.91. The molecule has 0 unspecified atom stereocenters. The van der Waals surface area contributed by atoms with E-state index in [1.807, 2.05) is 0 Å². The van der Waals surface area contributed by atoms with Gasteiger partial charge < -0.3 is 20.9 Å². The molecule has 0 aliphatic carbocycles.